The van der Waals surface area contributed by atoms with Gasteiger partial charge >= 0.3 is 0 Å². The molecule has 86 valence electrons. The minimum atomic E-state index is 0.796. The summed E-state index contributed by atoms with van der Waals surface area (Å²) in [6.07, 6.45) is 1.05. The summed E-state index contributed by atoms with van der Waals surface area (Å²) in [5.41, 5.74) is 3.56. The van der Waals surface area contributed by atoms with Crippen LogP contribution in [0, 0.1) is 0 Å². The molecule has 0 saturated heterocycles. The molecule has 0 unspecified atom stereocenters. The van der Waals surface area contributed by atoms with Crippen LogP contribution in [0.5, 0.6) is 5.75 Å². The fraction of sp³-hybridized carbons (Fsp3) is 0.200. The molecule has 17 heavy (non-hydrogen) atoms. The van der Waals surface area contributed by atoms with Crippen LogP contribution in [-0.4, -0.2) is 13.2 Å². The van der Waals surface area contributed by atoms with Gasteiger partial charge in [0.1, 0.15) is 5.75 Å². The highest BCUT2D eigenvalue weighted by molar-refractivity contribution is 5.72. The van der Waals surface area contributed by atoms with Crippen LogP contribution in [0.25, 0.3) is 11.1 Å². The van der Waals surface area contributed by atoms with E-state index >= 15 is 0 Å². The Morgan fingerprint density at radius 3 is 2.71 bits per heavy atom. The van der Waals surface area contributed by atoms with Gasteiger partial charge in [0.25, 0.3) is 0 Å². The third-order valence-electron chi connectivity index (χ3n) is 2.98. The lowest BCUT2D eigenvalue weighted by Gasteiger charge is -2.10. The molecule has 2 aromatic carbocycles. The van der Waals surface area contributed by atoms with Gasteiger partial charge in [-0.2, -0.15) is 0 Å². The van der Waals surface area contributed by atoms with Crippen molar-refractivity contribution in [3.63, 3.8) is 0 Å². The zero-order chi connectivity index (χ0) is 11.5. The first kappa shape index (κ1) is 10.2. The predicted octanol–water partition coefficient (Wildman–Crippen LogP) is 3.55. The van der Waals surface area contributed by atoms with E-state index in [1.165, 1.54) is 11.1 Å². The normalized spacial score (nSPS) is 14.1. The zero-order valence-corrected chi connectivity index (χ0v) is 9.65. The maximum absolute atomic E-state index is 5.68. The molecule has 1 aliphatic rings. The SMILES string of the molecule is c1ccc(-c2ccc3c(c2)NCCCO3)cc1. The molecule has 0 fully saturated rings. The molecule has 1 heterocycles. The first-order chi connectivity index (χ1) is 8.43. The van der Waals surface area contributed by atoms with Gasteiger partial charge in [0, 0.05) is 6.54 Å². The van der Waals surface area contributed by atoms with Crippen molar-refractivity contribution in [3.05, 3.63) is 48.5 Å². The Kier molecular flexibility index (Phi) is 2.70. The van der Waals surface area contributed by atoms with Crippen LogP contribution in [0.3, 0.4) is 0 Å². The summed E-state index contributed by atoms with van der Waals surface area (Å²) in [6, 6.07) is 16.7. The monoisotopic (exact) mass is 225 g/mol. The Hall–Kier alpha value is -1.96. The van der Waals surface area contributed by atoms with E-state index in [9.17, 15) is 0 Å². The van der Waals surface area contributed by atoms with Crippen LogP contribution in [0.4, 0.5) is 5.69 Å². The molecule has 0 spiro atoms. The van der Waals surface area contributed by atoms with Gasteiger partial charge in [0.05, 0.1) is 12.3 Å². The molecule has 3 rings (SSSR count). The molecular weight excluding hydrogens is 210 g/mol. The number of ether oxygens (including phenoxy) is 1. The molecular formula is C15H15NO. The number of anilines is 1. The minimum Gasteiger partial charge on any atom is -0.491 e. The molecule has 0 aliphatic carbocycles. The van der Waals surface area contributed by atoms with Crippen LogP contribution in [0.1, 0.15) is 6.42 Å². The Balaban J connectivity index is 2.00. The van der Waals surface area contributed by atoms with Crippen molar-refractivity contribution in [3.8, 4) is 16.9 Å². The first-order valence-electron chi connectivity index (χ1n) is 6.00. The summed E-state index contributed by atoms with van der Waals surface area (Å²) < 4.78 is 5.68. The molecule has 2 aromatic rings. The van der Waals surface area contributed by atoms with E-state index in [1.54, 1.807) is 0 Å². The molecule has 0 saturated carbocycles. The second-order valence-corrected chi connectivity index (χ2v) is 4.21. The van der Waals surface area contributed by atoms with Gasteiger partial charge < -0.3 is 10.1 Å². The van der Waals surface area contributed by atoms with Crippen molar-refractivity contribution >= 4 is 5.69 Å². The highest BCUT2D eigenvalue weighted by Crippen LogP contribution is 2.31. The standard InChI is InChI=1S/C15H15NO/c1-2-5-12(6-3-1)13-7-8-15-14(11-13)16-9-4-10-17-15/h1-3,5-8,11,16H,4,9-10H2. The van der Waals surface area contributed by atoms with E-state index in [1.807, 2.05) is 6.07 Å². The highest BCUT2D eigenvalue weighted by Gasteiger charge is 2.09. The average Bonchev–Trinajstić information content (AvgIpc) is 2.64. The molecule has 2 nitrogen and oxygen atoms in total. The molecule has 1 aliphatic heterocycles. The second-order valence-electron chi connectivity index (χ2n) is 4.21. The van der Waals surface area contributed by atoms with Crippen molar-refractivity contribution in [2.24, 2.45) is 0 Å². The Morgan fingerprint density at radius 2 is 1.82 bits per heavy atom. The summed E-state index contributed by atoms with van der Waals surface area (Å²) in [7, 11) is 0. The molecule has 1 N–H and O–H groups in total. The minimum absolute atomic E-state index is 0.796. The lowest BCUT2D eigenvalue weighted by molar-refractivity contribution is 0.323. The molecule has 0 amide bonds. The van der Waals surface area contributed by atoms with Gasteiger partial charge in [-0.25, -0.2) is 0 Å². The van der Waals surface area contributed by atoms with Gasteiger partial charge in [-0.05, 0) is 29.7 Å². The lowest BCUT2D eigenvalue weighted by Crippen LogP contribution is -2.00. The van der Waals surface area contributed by atoms with E-state index in [-0.39, 0.29) is 0 Å². The smallest absolute Gasteiger partial charge is 0.142 e. The number of rotatable bonds is 1. The first-order valence-corrected chi connectivity index (χ1v) is 6.00. The average molecular weight is 225 g/mol. The van der Waals surface area contributed by atoms with Gasteiger partial charge in [0.15, 0.2) is 0 Å². The molecule has 0 atom stereocenters. The summed E-state index contributed by atoms with van der Waals surface area (Å²) in [4.78, 5) is 0. The van der Waals surface area contributed by atoms with Gasteiger partial charge in [-0.15, -0.1) is 0 Å². The van der Waals surface area contributed by atoms with Crippen molar-refractivity contribution in [1.82, 2.24) is 0 Å². The third-order valence-corrected chi connectivity index (χ3v) is 2.98. The van der Waals surface area contributed by atoms with Crippen LogP contribution in [0.2, 0.25) is 0 Å². The van der Waals surface area contributed by atoms with E-state index in [0.29, 0.717) is 0 Å². The lowest BCUT2D eigenvalue weighted by atomic mass is 10.0. The number of hydrogen-bond donors (Lipinski definition) is 1. The number of nitrogens with one attached hydrogen (secondary N) is 1. The summed E-state index contributed by atoms with van der Waals surface area (Å²) >= 11 is 0. The van der Waals surface area contributed by atoms with E-state index in [2.05, 4.69) is 47.8 Å². The third kappa shape index (κ3) is 2.11. The fourth-order valence-corrected chi connectivity index (χ4v) is 2.08. The van der Waals surface area contributed by atoms with E-state index < -0.39 is 0 Å². The van der Waals surface area contributed by atoms with Crippen LogP contribution in [0.15, 0.2) is 48.5 Å². The Bertz CT molecular complexity index is 508. The summed E-state index contributed by atoms with van der Waals surface area (Å²) in [5, 5.41) is 3.41. The Morgan fingerprint density at radius 1 is 0.941 bits per heavy atom. The van der Waals surface area contributed by atoms with Crippen LogP contribution in [-0.2, 0) is 0 Å². The maximum Gasteiger partial charge on any atom is 0.142 e. The van der Waals surface area contributed by atoms with Crippen LogP contribution < -0.4 is 10.1 Å². The molecule has 2 heteroatoms. The van der Waals surface area contributed by atoms with Crippen molar-refractivity contribution in [2.45, 2.75) is 6.42 Å². The number of benzene rings is 2. The van der Waals surface area contributed by atoms with Crippen LogP contribution >= 0.6 is 0 Å². The van der Waals surface area contributed by atoms with Crippen molar-refractivity contribution in [2.75, 3.05) is 18.5 Å². The van der Waals surface area contributed by atoms with Crippen molar-refractivity contribution < 1.29 is 4.74 Å². The maximum atomic E-state index is 5.68. The molecule has 0 aromatic heterocycles. The second kappa shape index (κ2) is 4.50. The van der Waals surface area contributed by atoms with Gasteiger partial charge in [-0.3, -0.25) is 0 Å². The van der Waals surface area contributed by atoms with E-state index in [4.69, 9.17) is 4.74 Å². The van der Waals surface area contributed by atoms with E-state index in [0.717, 1.165) is 31.0 Å². The highest BCUT2D eigenvalue weighted by atomic mass is 16.5. The summed E-state index contributed by atoms with van der Waals surface area (Å²) in [5.74, 6) is 0.960. The Labute approximate surface area is 101 Å². The largest absolute Gasteiger partial charge is 0.491 e. The molecule has 0 bridgehead atoms. The fourth-order valence-electron chi connectivity index (χ4n) is 2.08. The quantitative estimate of drug-likeness (QED) is 0.801. The summed E-state index contributed by atoms with van der Waals surface area (Å²) in [6.45, 7) is 1.77. The van der Waals surface area contributed by atoms with Crippen molar-refractivity contribution in [1.29, 1.82) is 0 Å². The topological polar surface area (TPSA) is 21.3 Å². The molecule has 0 radical (unpaired) electrons. The number of hydrogen-bond acceptors (Lipinski definition) is 2. The number of fused-ring (bicyclic) bond motifs is 1. The van der Waals surface area contributed by atoms with Gasteiger partial charge in [0.2, 0.25) is 0 Å². The van der Waals surface area contributed by atoms with Gasteiger partial charge in [-0.1, -0.05) is 36.4 Å². The predicted molar refractivity (Wildman–Crippen MR) is 70.5 cm³/mol. The zero-order valence-electron chi connectivity index (χ0n) is 9.65.